The minimum atomic E-state index is -0.170. The summed E-state index contributed by atoms with van der Waals surface area (Å²) in [5.41, 5.74) is 2.23. The first-order valence-electron chi connectivity index (χ1n) is 5.30. The van der Waals surface area contributed by atoms with E-state index in [1.54, 1.807) is 0 Å². The fourth-order valence-corrected chi connectivity index (χ4v) is 2.35. The Morgan fingerprint density at radius 2 is 2.41 bits per heavy atom. The first-order valence-corrected chi connectivity index (χ1v) is 6.09. The third kappa shape index (κ3) is 2.42. The van der Waals surface area contributed by atoms with Crippen molar-refractivity contribution in [1.29, 1.82) is 5.26 Å². The average Bonchev–Trinajstić information content (AvgIpc) is 2.64. The maximum atomic E-state index is 11.6. The van der Waals surface area contributed by atoms with Crippen molar-refractivity contribution in [2.45, 2.75) is 13.0 Å². The molecule has 1 aromatic carbocycles. The first kappa shape index (κ1) is 11.9. The second-order valence-corrected chi connectivity index (χ2v) is 4.96. The van der Waals surface area contributed by atoms with Gasteiger partial charge in [0.25, 0.3) is 0 Å². The average molecular weight is 294 g/mol. The summed E-state index contributed by atoms with van der Waals surface area (Å²) in [4.78, 5) is 13.1. The van der Waals surface area contributed by atoms with E-state index in [4.69, 9.17) is 5.26 Å². The summed E-state index contributed by atoms with van der Waals surface area (Å²) in [6, 6.07) is 7.79. The van der Waals surface area contributed by atoms with Crippen LogP contribution in [0.15, 0.2) is 22.7 Å². The number of urea groups is 1. The molecule has 1 heterocycles. The molecule has 5 heteroatoms. The van der Waals surface area contributed by atoms with Gasteiger partial charge in [-0.25, -0.2) is 4.79 Å². The fraction of sp³-hybridized carbons (Fsp3) is 0.333. The van der Waals surface area contributed by atoms with Gasteiger partial charge in [-0.2, -0.15) is 5.26 Å². The normalized spacial score (nSPS) is 19.0. The fourth-order valence-electron chi connectivity index (χ4n) is 1.97. The van der Waals surface area contributed by atoms with Crippen LogP contribution in [0, 0.1) is 18.3 Å². The molecule has 0 saturated carbocycles. The largest absolute Gasteiger partial charge is 0.329 e. The molecular weight excluding hydrogens is 282 g/mol. The van der Waals surface area contributed by atoms with Gasteiger partial charge in [-0.3, -0.25) is 0 Å². The number of carbonyl (C=O) groups is 1. The van der Waals surface area contributed by atoms with Gasteiger partial charge in [-0.15, -0.1) is 0 Å². The highest BCUT2D eigenvalue weighted by Crippen LogP contribution is 2.26. The molecule has 1 N–H and O–H groups in total. The third-order valence-electron chi connectivity index (χ3n) is 2.87. The van der Waals surface area contributed by atoms with E-state index in [0.717, 1.165) is 15.6 Å². The molecule has 17 heavy (non-hydrogen) atoms. The van der Waals surface area contributed by atoms with Gasteiger partial charge in [0.1, 0.15) is 6.54 Å². The van der Waals surface area contributed by atoms with Crippen molar-refractivity contribution in [2.24, 2.45) is 0 Å². The lowest BCUT2D eigenvalue weighted by Gasteiger charge is -2.13. The van der Waals surface area contributed by atoms with Crippen LogP contribution >= 0.6 is 15.9 Å². The molecule has 0 spiro atoms. The molecule has 1 aliphatic rings. The minimum Gasteiger partial charge on any atom is -0.329 e. The number of hydrogen-bond donors (Lipinski definition) is 1. The Morgan fingerprint density at radius 3 is 3.12 bits per heavy atom. The number of carbonyl (C=O) groups excluding carboxylic acids is 1. The van der Waals surface area contributed by atoms with Crippen LogP contribution in [0.1, 0.15) is 17.2 Å². The Balaban J connectivity index is 2.23. The molecule has 0 radical (unpaired) electrons. The minimum absolute atomic E-state index is 0.0339. The Hall–Kier alpha value is -1.54. The molecule has 1 saturated heterocycles. The number of amides is 2. The third-order valence-corrected chi connectivity index (χ3v) is 3.36. The Morgan fingerprint density at radius 1 is 1.65 bits per heavy atom. The standard InChI is InChI=1S/C12H12BrN3O/c1-8-2-3-9(13)6-10(8)11-7-16(5-4-14)12(17)15-11/h2-3,6,11H,5,7H2,1H3,(H,15,17). The van der Waals surface area contributed by atoms with Crippen molar-refractivity contribution < 1.29 is 4.79 Å². The van der Waals surface area contributed by atoms with Crippen molar-refractivity contribution in [3.63, 3.8) is 0 Å². The lowest BCUT2D eigenvalue weighted by atomic mass is 10.0. The molecule has 1 unspecified atom stereocenters. The quantitative estimate of drug-likeness (QED) is 0.851. The summed E-state index contributed by atoms with van der Waals surface area (Å²) in [5.74, 6) is 0. The second-order valence-electron chi connectivity index (χ2n) is 4.04. The summed E-state index contributed by atoms with van der Waals surface area (Å²) in [5, 5.41) is 11.5. The van der Waals surface area contributed by atoms with Gasteiger partial charge >= 0.3 is 6.03 Å². The Labute approximate surface area is 108 Å². The number of halogens is 1. The van der Waals surface area contributed by atoms with Crippen molar-refractivity contribution in [2.75, 3.05) is 13.1 Å². The van der Waals surface area contributed by atoms with E-state index in [1.807, 2.05) is 31.2 Å². The number of nitrogens with zero attached hydrogens (tertiary/aromatic N) is 2. The van der Waals surface area contributed by atoms with E-state index in [2.05, 4.69) is 21.2 Å². The second kappa shape index (κ2) is 4.76. The van der Waals surface area contributed by atoms with Crippen molar-refractivity contribution in [3.8, 4) is 6.07 Å². The van der Waals surface area contributed by atoms with Gasteiger partial charge in [0.05, 0.1) is 12.1 Å². The van der Waals surface area contributed by atoms with E-state index < -0.39 is 0 Å². The highest BCUT2D eigenvalue weighted by atomic mass is 79.9. The van der Waals surface area contributed by atoms with Gasteiger partial charge in [0.15, 0.2) is 0 Å². The highest BCUT2D eigenvalue weighted by molar-refractivity contribution is 9.10. The van der Waals surface area contributed by atoms with Crippen LogP contribution in [0.5, 0.6) is 0 Å². The number of benzene rings is 1. The maximum absolute atomic E-state index is 11.6. The molecular formula is C12H12BrN3O. The molecule has 2 rings (SSSR count). The van der Waals surface area contributed by atoms with Crippen LogP contribution in [-0.2, 0) is 0 Å². The predicted octanol–water partition coefficient (Wildman–Crippen LogP) is 2.35. The summed E-state index contributed by atoms with van der Waals surface area (Å²) < 4.78 is 0.992. The number of aryl methyl sites for hydroxylation is 1. The van der Waals surface area contributed by atoms with Gasteiger partial charge in [-0.05, 0) is 30.2 Å². The van der Waals surface area contributed by atoms with Crippen LogP contribution < -0.4 is 5.32 Å². The first-order chi connectivity index (χ1) is 8.11. The highest BCUT2D eigenvalue weighted by Gasteiger charge is 2.30. The molecule has 1 aliphatic heterocycles. The van der Waals surface area contributed by atoms with Gasteiger partial charge in [-0.1, -0.05) is 22.0 Å². The molecule has 1 aromatic rings. The summed E-state index contributed by atoms with van der Waals surface area (Å²) in [6.07, 6.45) is 0. The molecule has 0 aromatic heterocycles. The zero-order chi connectivity index (χ0) is 12.4. The van der Waals surface area contributed by atoms with Crippen molar-refractivity contribution in [3.05, 3.63) is 33.8 Å². The van der Waals surface area contributed by atoms with Gasteiger partial charge in [0.2, 0.25) is 0 Å². The molecule has 2 amide bonds. The van der Waals surface area contributed by atoms with Crippen LogP contribution in [0.25, 0.3) is 0 Å². The zero-order valence-corrected chi connectivity index (χ0v) is 11.0. The Bertz CT molecular complexity index is 495. The molecule has 0 bridgehead atoms. The molecule has 88 valence electrons. The molecule has 4 nitrogen and oxygen atoms in total. The molecule has 1 atom stereocenters. The van der Waals surface area contributed by atoms with Gasteiger partial charge in [0, 0.05) is 11.0 Å². The van der Waals surface area contributed by atoms with Crippen molar-refractivity contribution in [1.82, 2.24) is 10.2 Å². The van der Waals surface area contributed by atoms with Crippen LogP contribution in [-0.4, -0.2) is 24.0 Å². The van der Waals surface area contributed by atoms with E-state index in [1.165, 1.54) is 4.90 Å². The van der Waals surface area contributed by atoms with Crippen molar-refractivity contribution >= 4 is 22.0 Å². The smallest absolute Gasteiger partial charge is 0.318 e. The van der Waals surface area contributed by atoms with Crippen LogP contribution in [0.2, 0.25) is 0 Å². The van der Waals surface area contributed by atoms with Crippen LogP contribution in [0.3, 0.4) is 0 Å². The lowest BCUT2D eigenvalue weighted by Crippen LogP contribution is -2.28. The maximum Gasteiger partial charge on any atom is 0.318 e. The number of hydrogen-bond acceptors (Lipinski definition) is 2. The predicted molar refractivity (Wildman–Crippen MR) is 67.3 cm³/mol. The summed E-state index contributed by atoms with van der Waals surface area (Å²) >= 11 is 3.43. The monoisotopic (exact) mass is 293 g/mol. The lowest BCUT2D eigenvalue weighted by molar-refractivity contribution is 0.222. The number of nitrogens with one attached hydrogen (secondary N) is 1. The van der Waals surface area contributed by atoms with Crippen LogP contribution in [0.4, 0.5) is 4.79 Å². The van der Waals surface area contributed by atoms with Gasteiger partial charge < -0.3 is 10.2 Å². The Kier molecular flexibility index (Phi) is 3.34. The summed E-state index contributed by atoms with van der Waals surface area (Å²) in [7, 11) is 0. The molecule has 0 aliphatic carbocycles. The van der Waals surface area contributed by atoms with E-state index >= 15 is 0 Å². The molecule has 1 fully saturated rings. The van der Waals surface area contributed by atoms with E-state index in [0.29, 0.717) is 6.54 Å². The summed E-state index contributed by atoms with van der Waals surface area (Å²) in [6.45, 7) is 2.69. The van der Waals surface area contributed by atoms with E-state index in [-0.39, 0.29) is 18.6 Å². The number of nitriles is 1. The SMILES string of the molecule is Cc1ccc(Br)cc1C1CN(CC#N)C(=O)N1. The topological polar surface area (TPSA) is 56.1 Å². The number of rotatable bonds is 2. The van der Waals surface area contributed by atoms with E-state index in [9.17, 15) is 4.79 Å². The zero-order valence-electron chi connectivity index (χ0n) is 9.40.